The van der Waals surface area contributed by atoms with E-state index in [4.69, 9.17) is 0 Å². The molecule has 126 valence electrons. The molecule has 0 spiro atoms. The molecule has 1 aliphatic rings. The zero-order valence-corrected chi connectivity index (χ0v) is 13.9. The Hall–Kier alpha value is -2.37. The average Bonchev–Trinajstić information content (AvgIpc) is 2.62. The van der Waals surface area contributed by atoms with Gasteiger partial charge in [-0.2, -0.15) is 0 Å². The topological polar surface area (TPSA) is 55.8 Å². The number of piperazine rings is 1. The monoisotopic (exact) mass is 325 g/mol. The van der Waals surface area contributed by atoms with Gasteiger partial charge in [-0.25, -0.2) is 0 Å². The van der Waals surface area contributed by atoms with Gasteiger partial charge in [0.05, 0.1) is 0 Å². The summed E-state index contributed by atoms with van der Waals surface area (Å²) in [6, 6.07) is 16.7. The first kappa shape index (κ1) is 16.5. The van der Waals surface area contributed by atoms with Crippen molar-refractivity contribution in [3.05, 3.63) is 60.2 Å². The molecule has 3 rings (SSSR count). The number of carbonyl (C=O) groups is 1. The summed E-state index contributed by atoms with van der Waals surface area (Å²) in [5, 5.41) is 13.0. The van der Waals surface area contributed by atoms with E-state index in [-0.39, 0.29) is 0 Å². The third kappa shape index (κ3) is 3.93. The number of benzene rings is 2. The molecule has 1 amide bonds. The van der Waals surface area contributed by atoms with Crippen LogP contribution < -0.4 is 10.2 Å². The molecule has 2 N–H and O–H groups in total. The summed E-state index contributed by atoms with van der Waals surface area (Å²) in [7, 11) is 2.12. The normalized spacial score (nSPS) is 16.7. The Morgan fingerprint density at radius 2 is 1.75 bits per heavy atom. The lowest BCUT2D eigenvalue weighted by molar-refractivity contribution is -0.124. The minimum atomic E-state index is -1.17. The number of hydrogen-bond donors (Lipinski definition) is 2. The van der Waals surface area contributed by atoms with Gasteiger partial charge in [-0.3, -0.25) is 4.79 Å². The molecule has 2 aromatic rings. The zero-order chi connectivity index (χ0) is 16.9. The first-order valence-electron chi connectivity index (χ1n) is 8.21. The lowest BCUT2D eigenvalue weighted by Gasteiger charge is -2.34. The van der Waals surface area contributed by atoms with Crippen molar-refractivity contribution in [1.29, 1.82) is 0 Å². The summed E-state index contributed by atoms with van der Waals surface area (Å²) in [6.45, 7) is 4.01. The van der Waals surface area contributed by atoms with Gasteiger partial charge in [-0.1, -0.05) is 36.4 Å². The van der Waals surface area contributed by atoms with Crippen LogP contribution in [-0.4, -0.2) is 49.1 Å². The smallest absolute Gasteiger partial charge is 0.257 e. The minimum Gasteiger partial charge on any atom is -0.378 e. The first-order chi connectivity index (χ1) is 11.6. The quantitative estimate of drug-likeness (QED) is 0.904. The molecule has 1 aliphatic heterocycles. The first-order valence-corrected chi connectivity index (χ1v) is 8.21. The maximum atomic E-state index is 12.3. The number of aliphatic hydroxyl groups excluding tert-OH is 1. The van der Waals surface area contributed by atoms with Crippen molar-refractivity contribution in [2.75, 3.05) is 43.4 Å². The van der Waals surface area contributed by atoms with Crippen LogP contribution in [0.4, 0.5) is 11.4 Å². The molecule has 0 aliphatic carbocycles. The summed E-state index contributed by atoms with van der Waals surface area (Å²) in [4.78, 5) is 16.9. The van der Waals surface area contributed by atoms with Crippen molar-refractivity contribution < 1.29 is 9.90 Å². The standard InChI is InChI=1S/C19H23N3O2/c1-21-10-12-22(13-11-21)17-9-5-8-16(14-17)20-19(24)18(23)15-6-3-2-4-7-15/h2-9,14,18,23H,10-13H2,1H3,(H,20,24)/t18-/m1/s1. The molecule has 5 nitrogen and oxygen atoms in total. The Morgan fingerprint density at radius 1 is 1.04 bits per heavy atom. The number of amides is 1. The molecule has 1 atom stereocenters. The highest BCUT2D eigenvalue weighted by molar-refractivity contribution is 5.95. The number of rotatable bonds is 4. The average molecular weight is 325 g/mol. The molecule has 2 aromatic carbocycles. The van der Waals surface area contributed by atoms with E-state index in [1.165, 1.54) is 0 Å². The summed E-state index contributed by atoms with van der Waals surface area (Å²) in [5.41, 5.74) is 2.38. The highest BCUT2D eigenvalue weighted by Crippen LogP contribution is 2.22. The van der Waals surface area contributed by atoms with Crippen molar-refractivity contribution in [1.82, 2.24) is 4.90 Å². The second-order valence-electron chi connectivity index (χ2n) is 6.14. The Balaban J connectivity index is 1.67. The molecule has 1 saturated heterocycles. The summed E-state index contributed by atoms with van der Waals surface area (Å²) >= 11 is 0. The van der Waals surface area contributed by atoms with Gasteiger partial charge >= 0.3 is 0 Å². The van der Waals surface area contributed by atoms with E-state index in [1.54, 1.807) is 24.3 Å². The Labute approximate surface area is 142 Å². The van der Waals surface area contributed by atoms with Gasteiger partial charge in [0, 0.05) is 37.6 Å². The fourth-order valence-corrected chi connectivity index (χ4v) is 2.84. The molecule has 0 bridgehead atoms. The van der Waals surface area contributed by atoms with Gasteiger partial charge in [0.25, 0.3) is 5.91 Å². The largest absolute Gasteiger partial charge is 0.378 e. The predicted molar refractivity (Wildman–Crippen MR) is 96.2 cm³/mol. The molecule has 0 unspecified atom stereocenters. The maximum absolute atomic E-state index is 12.3. The second-order valence-corrected chi connectivity index (χ2v) is 6.14. The van der Waals surface area contributed by atoms with Gasteiger partial charge in [0.15, 0.2) is 6.10 Å². The van der Waals surface area contributed by atoms with Crippen LogP contribution in [0.5, 0.6) is 0 Å². The molecule has 1 fully saturated rings. The van der Waals surface area contributed by atoms with E-state index in [1.807, 2.05) is 24.3 Å². The van der Waals surface area contributed by atoms with Crippen LogP contribution in [0.3, 0.4) is 0 Å². The van der Waals surface area contributed by atoms with Crippen LogP contribution >= 0.6 is 0 Å². The van der Waals surface area contributed by atoms with E-state index in [2.05, 4.69) is 28.2 Å². The van der Waals surface area contributed by atoms with Crippen LogP contribution in [-0.2, 0) is 4.79 Å². The van der Waals surface area contributed by atoms with Crippen LogP contribution in [0.15, 0.2) is 54.6 Å². The van der Waals surface area contributed by atoms with Gasteiger partial charge in [0.2, 0.25) is 0 Å². The zero-order valence-electron chi connectivity index (χ0n) is 13.9. The van der Waals surface area contributed by atoms with Gasteiger partial charge in [0.1, 0.15) is 0 Å². The van der Waals surface area contributed by atoms with Crippen molar-refractivity contribution >= 4 is 17.3 Å². The highest BCUT2D eigenvalue weighted by Gasteiger charge is 2.18. The molecular weight excluding hydrogens is 302 g/mol. The van der Waals surface area contributed by atoms with Crippen LogP contribution in [0.2, 0.25) is 0 Å². The molecular formula is C19H23N3O2. The lowest BCUT2D eigenvalue weighted by atomic mass is 10.1. The summed E-state index contributed by atoms with van der Waals surface area (Å²) in [5.74, 6) is -0.420. The molecule has 0 saturated carbocycles. The van der Waals surface area contributed by atoms with Crippen molar-refractivity contribution in [2.45, 2.75) is 6.10 Å². The SMILES string of the molecule is CN1CCN(c2cccc(NC(=O)[C@H](O)c3ccccc3)c2)CC1. The van der Waals surface area contributed by atoms with E-state index in [0.717, 1.165) is 31.9 Å². The molecule has 5 heteroatoms. The van der Waals surface area contributed by atoms with Crippen LogP contribution in [0.1, 0.15) is 11.7 Å². The van der Waals surface area contributed by atoms with Gasteiger partial charge < -0.3 is 20.2 Å². The van der Waals surface area contributed by atoms with Crippen molar-refractivity contribution in [3.63, 3.8) is 0 Å². The number of carbonyl (C=O) groups excluding carboxylic acids is 1. The summed E-state index contributed by atoms with van der Waals surface area (Å²) < 4.78 is 0. The van der Waals surface area contributed by atoms with Gasteiger partial charge in [-0.05, 0) is 30.8 Å². The van der Waals surface area contributed by atoms with Crippen molar-refractivity contribution in [3.8, 4) is 0 Å². The predicted octanol–water partition coefficient (Wildman–Crippen LogP) is 2.11. The number of nitrogens with one attached hydrogen (secondary N) is 1. The Morgan fingerprint density at radius 3 is 2.46 bits per heavy atom. The maximum Gasteiger partial charge on any atom is 0.257 e. The lowest BCUT2D eigenvalue weighted by Crippen LogP contribution is -2.44. The molecule has 0 aromatic heterocycles. The molecule has 1 heterocycles. The van der Waals surface area contributed by atoms with Gasteiger partial charge in [-0.15, -0.1) is 0 Å². The van der Waals surface area contributed by atoms with E-state index in [9.17, 15) is 9.90 Å². The number of aliphatic hydroxyl groups is 1. The fraction of sp³-hybridized carbons (Fsp3) is 0.316. The number of nitrogens with zero attached hydrogens (tertiary/aromatic N) is 2. The van der Waals surface area contributed by atoms with Crippen LogP contribution in [0.25, 0.3) is 0 Å². The number of likely N-dealkylation sites (N-methyl/N-ethyl adjacent to an activating group) is 1. The van der Waals surface area contributed by atoms with Crippen LogP contribution in [0, 0.1) is 0 Å². The summed E-state index contributed by atoms with van der Waals surface area (Å²) in [6.07, 6.45) is -1.17. The fourth-order valence-electron chi connectivity index (χ4n) is 2.84. The van der Waals surface area contributed by atoms with E-state index >= 15 is 0 Å². The molecule has 0 radical (unpaired) electrons. The Bertz CT molecular complexity index is 682. The number of hydrogen-bond acceptors (Lipinski definition) is 4. The number of anilines is 2. The minimum absolute atomic E-state index is 0.420. The molecule has 24 heavy (non-hydrogen) atoms. The van der Waals surface area contributed by atoms with E-state index in [0.29, 0.717) is 11.3 Å². The third-order valence-electron chi connectivity index (χ3n) is 4.35. The highest BCUT2D eigenvalue weighted by atomic mass is 16.3. The van der Waals surface area contributed by atoms with Crippen molar-refractivity contribution in [2.24, 2.45) is 0 Å². The van der Waals surface area contributed by atoms with E-state index < -0.39 is 12.0 Å². The second kappa shape index (κ2) is 7.47. The Kier molecular flexibility index (Phi) is 5.13. The third-order valence-corrected chi connectivity index (χ3v) is 4.35.